The number of hydrogen-bond acceptors (Lipinski definition) is 4. The molecule has 6 heteroatoms. The second-order valence-corrected chi connectivity index (χ2v) is 5.92. The Morgan fingerprint density at radius 3 is 2.95 bits per heavy atom. The second kappa shape index (κ2) is 5.29. The van der Waals surface area contributed by atoms with Gasteiger partial charge in [0.25, 0.3) is 0 Å². The number of carboxylic acids is 1. The van der Waals surface area contributed by atoms with Crippen LogP contribution in [0.25, 0.3) is 0 Å². The van der Waals surface area contributed by atoms with E-state index in [1.807, 2.05) is 12.4 Å². The Morgan fingerprint density at radius 1 is 1.48 bits per heavy atom. The second-order valence-electron chi connectivity index (χ2n) is 4.98. The van der Waals surface area contributed by atoms with Gasteiger partial charge in [0.05, 0.1) is 23.2 Å². The molecular weight excluding hydrogens is 288 g/mol. The van der Waals surface area contributed by atoms with E-state index in [2.05, 4.69) is 4.98 Å². The van der Waals surface area contributed by atoms with Crippen molar-refractivity contribution in [2.24, 2.45) is 0 Å². The number of thiazole rings is 1. The third-order valence-corrected chi connectivity index (χ3v) is 4.66. The lowest BCUT2D eigenvalue weighted by Crippen LogP contribution is -2.28. The van der Waals surface area contributed by atoms with E-state index in [9.17, 15) is 9.59 Å². The van der Waals surface area contributed by atoms with Crippen molar-refractivity contribution < 1.29 is 14.7 Å². The van der Waals surface area contributed by atoms with Gasteiger partial charge in [-0.2, -0.15) is 0 Å². The number of aromatic carboxylic acids is 1. The summed E-state index contributed by atoms with van der Waals surface area (Å²) in [6, 6.07) is 4.86. The molecule has 0 radical (unpaired) electrons. The fraction of sp³-hybridized carbons (Fsp3) is 0.267. The van der Waals surface area contributed by atoms with Gasteiger partial charge in [-0.1, -0.05) is 0 Å². The molecule has 2 aromatic rings. The Bertz CT molecular complexity index is 723. The molecule has 1 aliphatic rings. The molecule has 0 saturated carbocycles. The van der Waals surface area contributed by atoms with Crippen LogP contribution in [-0.2, 0) is 17.6 Å². The van der Waals surface area contributed by atoms with Gasteiger partial charge >= 0.3 is 5.97 Å². The number of fused-ring (bicyclic) bond motifs is 1. The van der Waals surface area contributed by atoms with Crippen LogP contribution in [0.5, 0.6) is 0 Å². The third kappa shape index (κ3) is 2.54. The highest BCUT2D eigenvalue weighted by Gasteiger charge is 2.27. The number of benzene rings is 1. The van der Waals surface area contributed by atoms with Crippen molar-refractivity contribution in [3.05, 3.63) is 45.4 Å². The summed E-state index contributed by atoms with van der Waals surface area (Å²) in [4.78, 5) is 30.2. The molecule has 1 aromatic carbocycles. The van der Waals surface area contributed by atoms with Crippen molar-refractivity contribution in [3.63, 3.8) is 0 Å². The van der Waals surface area contributed by atoms with Crippen LogP contribution < -0.4 is 4.90 Å². The number of amides is 1. The summed E-state index contributed by atoms with van der Waals surface area (Å²) in [6.07, 6.45) is 1.04. The maximum atomic E-state index is 12.1. The van der Waals surface area contributed by atoms with Crippen LogP contribution in [0.15, 0.2) is 23.7 Å². The van der Waals surface area contributed by atoms with Crippen molar-refractivity contribution in [1.82, 2.24) is 4.98 Å². The Balaban J connectivity index is 1.81. The van der Waals surface area contributed by atoms with E-state index in [4.69, 9.17) is 5.11 Å². The van der Waals surface area contributed by atoms with Gasteiger partial charge in [-0.15, -0.1) is 11.3 Å². The molecule has 1 N–H and O–H groups in total. The van der Waals surface area contributed by atoms with E-state index in [0.29, 0.717) is 6.54 Å². The lowest BCUT2D eigenvalue weighted by atomic mass is 10.1. The molecule has 108 valence electrons. The van der Waals surface area contributed by atoms with Crippen molar-refractivity contribution in [2.45, 2.75) is 19.8 Å². The molecule has 0 bridgehead atoms. The number of rotatable bonds is 4. The molecule has 0 spiro atoms. The SMILES string of the molecule is Cc1ncsc1CCN1C(=O)Cc2cc(C(=O)O)ccc21. The predicted molar refractivity (Wildman–Crippen MR) is 80.0 cm³/mol. The quantitative estimate of drug-likeness (QED) is 0.940. The molecule has 0 atom stereocenters. The van der Waals surface area contributed by atoms with Gasteiger partial charge in [-0.25, -0.2) is 9.78 Å². The topological polar surface area (TPSA) is 70.5 Å². The van der Waals surface area contributed by atoms with Crippen LogP contribution in [0.2, 0.25) is 0 Å². The van der Waals surface area contributed by atoms with Gasteiger partial charge in [-0.05, 0) is 30.7 Å². The molecule has 1 aliphatic heterocycles. The molecule has 0 aliphatic carbocycles. The zero-order valence-electron chi connectivity index (χ0n) is 11.5. The van der Waals surface area contributed by atoms with Gasteiger partial charge in [0.15, 0.2) is 0 Å². The molecule has 1 aromatic heterocycles. The monoisotopic (exact) mass is 302 g/mol. The Morgan fingerprint density at radius 2 is 2.29 bits per heavy atom. The van der Waals surface area contributed by atoms with Gasteiger partial charge in [0, 0.05) is 23.5 Å². The number of aromatic nitrogens is 1. The minimum absolute atomic E-state index is 0.0229. The molecule has 0 saturated heterocycles. The molecule has 1 amide bonds. The van der Waals surface area contributed by atoms with Crippen LogP contribution in [0.1, 0.15) is 26.5 Å². The maximum absolute atomic E-state index is 12.1. The van der Waals surface area contributed by atoms with E-state index < -0.39 is 5.97 Å². The number of anilines is 1. The highest BCUT2D eigenvalue weighted by Crippen LogP contribution is 2.30. The molecule has 21 heavy (non-hydrogen) atoms. The van der Waals surface area contributed by atoms with Crippen molar-refractivity contribution >= 4 is 28.9 Å². The zero-order valence-corrected chi connectivity index (χ0v) is 12.3. The summed E-state index contributed by atoms with van der Waals surface area (Å²) in [6.45, 7) is 2.56. The van der Waals surface area contributed by atoms with E-state index in [1.165, 1.54) is 4.88 Å². The lowest BCUT2D eigenvalue weighted by molar-refractivity contribution is -0.117. The zero-order chi connectivity index (χ0) is 15.0. The van der Waals surface area contributed by atoms with Gasteiger partial charge in [-0.3, -0.25) is 4.79 Å². The number of carboxylic acid groups (broad SMARTS) is 1. The number of nitrogens with zero attached hydrogens (tertiary/aromatic N) is 2. The molecule has 2 heterocycles. The molecular formula is C15H14N2O3S. The van der Waals surface area contributed by atoms with Gasteiger partial charge in [0.2, 0.25) is 5.91 Å². The minimum Gasteiger partial charge on any atom is -0.478 e. The Hall–Kier alpha value is -2.21. The van der Waals surface area contributed by atoms with Crippen molar-refractivity contribution in [2.75, 3.05) is 11.4 Å². The average Bonchev–Trinajstić information content (AvgIpc) is 2.98. The van der Waals surface area contributed by atoms with Crippen LogP contribution in [-0.4, -0.2) is 28.5 Å². The molecule has 0 fully saturated rings. The van der Waals surface area contributed by atoms with E-state index in [-0.39, 0.29) is 17.9 Å². The van der Waals surface area contributed by atoms with Gasteiger partial charge in [0.1, 0.15) is 0 Å². The van der Waals surface area contributed by atoms with E-state index >= 15 is 0 Å². The summed E-state index contributed by atoms with van der Waals surface area (Å²) in [5, 5.41) is 9.00. The fourth-order valence-corrected chi connectivity index (χ4v) is 3.31. The number of carbonyl (C=O) groups is 2. The molecule has 0 unspecified atom stereocenters. The van der Waals surface area contributed by atoms with E-state index in [1.54, 1.807) is 34.4 Å². The van der Waals surface area contributed by atoms with E-state index in [0.717, 1.165) is 23.4 Å². The smallest absolute Gasteiger partial charge is 0.335 e. The maximum Gasteiger partial charge on any atom is 0.335 e. The van der Waals surface area contributed by atoms with Crippen LogP contribution in [0, 0.1) is 6.92 Å². The minimum atomic E-state index is -0.969. The first-order chi connectivity index (χ1) is 10.1. The highest BCUT2D eigenvalue weighted by atomic mass is 32.1. The van der Waals surface area contributed by atoms with Crippen molar-refractivity contribution in [3.8, 4) is 0 Å². The first-order valence-corrected chi connectivity index (χ1v) is 7.50. The number of hydrogen-bond donors (Lipinski definition) is 1. The predicted octanol–water partition coefficient (Wildman–Crippen LogP) is 2.28. The van der Waals surface area contributed by atoms with Crippen molar-refractivity contribution in [1.29, 1.82) is 0 Å². The first kappa shape index (κ1) is 13.8. The standard InChI is InChI=1S/C15H14N2O3S/c1-9-13(21-8-16-9)4-5-17-12-3-2-10(15(19)20)6-11(12)7-14(17)18/h2-3,6,8H,4-5,7H2,1H3,(H,19,20). The summed E-state index contributed by atoms with van der Waals surface area (Å²) < 4.78 is 0. The normalized spacial score (nSPS) is 13.6. The first-order valence-electron chi connectivity index (χ1n) is 6.62. The van der Waals surface area contributed by atoms with Crippen LogP contribution in [0.4, 0.5) is 5.69 Å². The fourth-order valence-electron chi connectivity index (χ4n) is 2.54. The third-order valence-electron chi connectivity index (χ3n) is 3.67. The largest absolute Gasteiger partial charge is 0.478 e. The Kier molecular flexibility index (Phi) is 3.47. The number of aryl methyl sites for hydroxylation is 1. The highest BCUT2D eigenvalue weighted by molar-refractivity contribution is 7.09. The summed E-state index contributed by atoms with van der Waals surface area (Å²) in [7, 11) is 0. The van der Waals surface area contributed by atoms with Crippen LogP contribution >= 0.6 is 11.3 Å². The molecule has 5 nitrogen and oxygen atoms in total. The summed E-state index contributed by atoms with van der Waals surface area (Å²) in [5.41, 5.74) is 4.66. The average molecular weight is 302 g/mol. The van der Waals surface area contributed by atoms with Gasteiger partial charge < -0.3 is 10.0 Å². The summed E-state index contributed by atoms with van der Waals surface area (Å²) in [5.74, 6) is -0.946. The number of carbonyl (C=O) groups excluding carboxylic acids is 1. The summed E-state index contributed by atoms with van der Waals surface area (Å²) >= 11 is 1.60. The lowest BCUT2D eigenvalue weighted by Gasteiger charge is -2.17. The van der Waals surface area contributed by atoms with Crippen LogP contribution in [0.3, 0.4) is 0 Å². The Labute approximate surface area is 125 Å². The molecule has 3 rings (SSSR count).